The molecule has 1 atom stereocenters. The number of hydrogen-bond acceptors (Lipinski definition) is 3. The van der Waals surface area contributed by atoms with Crippen molar-refractivity contribution >= 4 is 11.8 Å². The Balaban J connectivity index is 2.17. The molecule has 0 radical (unpaired) electrons. The van der Waals surface area contributed by atoms with Crippen LogP contribution in [0.5, 0.6) is 0 Å². The van der Waals surface area contributed by atoms with Crippen molar-refractivity contribution in [3.8, 4) is 0 Å². The van der Waals surface area contributed by atoms with Gasteiger partial charge in [-0.25, -0.2) is 0 Å². The molecule has 2 amide bonds. The van der Waals surface area contributed by atoms with Crippen LogP contribution in [0.1, 0.15) is 36.4 Å². The maximum absolute atomic E-state index is 11.8. The van der Waals surface area contributed by atoms with E-state index in [1.54, 1.807) is 0 Å². The fraction of sp³-hybridized carbons (Fsp3) is 0.467. The third-order valence-electron chi connectivity index (χ3n) is 3.66. The standard InChI is InChI=1S/C15H20N2O2/c1-11-6-3-4-7-12(11)13(16-2)10-17-14(18)8-5-9-15(17)19/h3-4,6-7,13,16H,5,8-10H2,1-2H3. The van der Waals surface area contributed by atoms with Crippen molar-refractivity contribution in [1.29, 1.82) is 0 Å². The van der Waals surface area contributed by atoms with Crippen molar-refractivity contribution in [3.05, 3.63) is 35.4 Å². The molecule has 0 spiro atoms. The van der Waals surface area contributed by atoms with Crippen molar-refractivity contribution in [2.75, 3.05) is 13.6 Å². The van der Waals surface area contributed by atoms with Crippen LogP contribution < -0.4 is 5.32 Å². The molecule has 1 aromatic carbocycles. The number of aryl methyl sites for hydroxylation is 1. The predicted octanol–water partition coefficient (Wildman–Crippen LogP) is 1.79. The van der Waals surface area contributed by atoms with Crippen molar-refractivity contribution in [2.45, 2.75) is 32.2 Å². The van der Waals surface area contributed by atoms with Crippen LogP contribution in [-0.4, -0.2) is 30.3 Å². The minimum absolute atomic E-state index is 0.00722. The monoisotopic (exact) mass is 260 g/mol. The van der Waals surface area contributed by atoms with E-state index >= 15 is 0 Å². The lowest BCUT2D eigenvalue weighted by atomic mass is 9.99. The molecule has 1 fully saturated rings. The second-order valence-electron chi connectivity index (χ2n) is 4.95. The number of likely N-dealkylation sites (N-methyl/N-ethyl adjacent to an activating group) is 1. The molecular weight excluding hydrogens is 240 g/mol. The van der Waals surface area contributed by atoms with Crippen LogP contribution in [0.15, 0.2) is 24.3 Å². The van der Waals surface area contributed by atoms with Crippen molar-refractivity contribution in [2.24, 2.45) is 0 Å². The number of nitrogens with one attached hydrogen (secondary N) is 1. The molecule has 4 nitrogen and oxygen atoms in total. The topological polar surface area (TPSA) is 49.4 Å². The van der Waals surface area contributed by atoms with Gasteiger partial charge in [0, 0.05) is 19.4 Å². The normalized spacial score (nSPS) is 17.7. The molecule has 0 saturated carbocycles. The number of hydrogen-bond donors (Lipinski definition) is 1. The van der Waals surface area contributed by atoms with Gasteiger partial charge < -0.3 is 5.32 Å². The largest absolute Gasteiger partial charge is 0.312 e. The average molecular weight is 260 g/mol. The van der Waals surface area contributed by atoms with Crippen molar-refractivity contribution < 1.29 is 9.59 Å². The van der Waals surface area contributed by atoms with E-state index in [2.05, 4.69) is 5.32 Å². The maximum Gasteiger partial charge on any atom is 0.229 e. The molecule has 1 heterocycles. The summed E-state index contributed by atoms with van der Waals surface area (Å²) in [7, 11) is 1.86. The highest BCUT2D eigenvalue weighted by Gasteiger charge is 2.28. The second-order valence-corrected chi connectivity index (χ2v) is 4.95. The van der Waals surface area contributed by atoms with Gasteiger partial charge in [0.05, 0.1) is 6.04 Å². The maximum atomic E-state index is 11.8. The van der Waals surface area contributed by atoms with Crippen LogP contribution >= 0.6 is 0 Å². The molecule has 1 aliphatic heterocycles. The van der Waals surface area contributed by atoms with Gasteiger partial charge in [0.1, 0.15) is 0 Å². The second kappa shape index (κ2) is 5.97. The van der Waals surface area contributed by atoms with E-state index in [9.17, 15) is 9.59 Å². The molecule has 0 aliphatic carbocycles. The van der Waals surface area contributed by atoms with E-state index in [0.717, 1.165) is 5.56 Å². The molecule has 1 saturated heterocycles. The molecule has 1 unspecified atom stereocenters. The number of imide groups is 1. The Labute approximate surface area is 113 Å². The molecule has 1 aromatic rings. The Hall–Kier alpha value is -1.68. The minimum atomic E-state index is -0.0508. The highest BCUT2D eigenvalue weighted by Crippen LogP contribution is 2.21. The highest BCUT2D eigenvalue weighted by atomic mass is 16.2. The van der Waals surface area contributed by atoms with E-state index in [4.69, 9.17) is 0 Å². The summed E-state index contributed by atoms with van der Waals surface area (Å²) in [6.07, 6.45) is 1.65. The molecule has 1 N–H and O–H groups in total. The van der Waals surface area contributed by atoms with Crippen molar-refractivity contribution in [1.82, 2.24) is 10.2 Å². The van der Waals surface area contributed by atoms with E-state index in [1.165, 1.54) is 10.5 Å². The van der Waals surface area contributed by atoms with Gasteiger partial charge in [-0.3, -0.25) is 14.5 Å². The third kappa shape index (κ3) is 3.01. The fourth-order valence-electron chi connectivity index (χ4n) is 2.51. The van der Waals surface area contributed by atoms with E-state index in [0.29, 0.717) is 25.8 Å². The highest BCUT2D eigenvalue weighted by molar-refractivity contribution is 5.97. The zero-order valence-corrected chi connectivity index (χ0v) is 11.5. The van der Waals surface area contributed by atoms with Gasteiger partial charge in [0.15, 0.2) is 0 Å². The predicted molar refractivity (Wildman–Crippen MR) is 73.6 cm³/mol. The number of likely N-dealkylation sites (tertiary alicyclic amines) is 1. The number of rotatable bonds is 4. The summed E-state index contributed by atoms with van der Waals surface area (Å²) in [5, 5.41) is 3.20. The first-order valence-electron chi connectivity index (χ1n) is 6.69. The molecule has 4 heteroatoms. The Morgan fingerprint density at radius 1 is 1.21 bits per heavy atom. The molecule has 102 valence electrons. The van der Waals surface area contributed by atoms with E-state index < -0.39 is 0 Å². The summed E-state index contributed by atoms with van der Waals surface area (Å²) in [6, 6.07) is 8.04. The van der Waals surface area contributed by atoms with Gasteiger partial charge >= 0.3 is 0 Å². The van der Waals surface area contributed by atoms with Crippen molar-refractivity contribution in [3.63, 3.8) is 0 Å². The zero-order valence-electron chi connectivity index (χ0n) is 11.5. The molecule has 0 bridgehead atoms. The Bertz CT molecular complexity index is 469. The first kappa shape index (κ1) is 13.7. The lowest BCUT2D eigenvalue weighted by molar-refractivity contribution is -0.148. The van der Waals surface area contributed by atoms with Gasteiger partial charge in [0.25, 0.3) is 0 Å². The lowest BCUT2D eigenvalue weighted by Crippen LogP contribution is -2.44. The van der Waals surface area contributed by atoms with Crippen LogP contribution in [0.3, 0.4) is 0 Å². The van der Waals surface area contributed by atoms with Gasteiger partial charge in [0.2, 0.25) is 11.8 Å². The fourth-order valence-corrected chi connectivity index (χ4v) is 2.51. The first-order valence-corrected chi connectivity index (χ1v) is 6.69. The Kier molecular flexibility index (Phi) is 4.32. The lowest BCUT2D eigenvalue weighted by Gasteiger charge is -2.29. The van der Waals surface area contributed by atoms with Gasteiger partial charge in [-0.2, -0.15) is 0 Å². The summed E-state index contributed by atoms with van der Waals surface area (Å²) in [5.41, 5.74) is 2.30. The van der Waals surface area contributed by atoms with Crippen LogP contribution in [0, 0.1) is 6.92 Å². The summed E-state index contributed by atoms with van der Waals surface area (Å²) in [5.74, 6) is -0.102. The number of nitrogens with zero attached hydrogens (tertiary/aromatic N) is 1. The Morgan fingerprint density at radius 2 is 1.84 bits per heavy atom. The van der Waals surface area contributed by atoms with Crippen LogP contribution in [0.2, 0.25) is 0 Å². The zero-order chi connectivity index (χ0) is 13.8. The molecule has 2 rings (SSSR count). The third-order valence-corrected chi connectivity index (χ3v) is 3.66. The molecule has 1 aliphatic rings. The molecular formula is C15H20N2O2. The smallest absolute Gasteiger partial charge is 0.229 e. The van der Waals surface area contributed by atoms with Crippen LogP contribution in [0.4, 0.5) is 0 Å². The quantitative estimate of drug-likeness (QED) is 0.840. The van der Waals surface area contributed by atoms with Gasteiger partial charge in [-0.15, -0.1) is 0 Å². The summed E-state index contributed by atoms with van der Waals surface area (Å²) < 4.78 is 0. The first-order chi connectivity index (χ1) is 9.13. The summed E-state index contributed by atoms with van der Waals surface area (Å²) in [6.45, 7) is 2.46. The van der Waals surface area contributed by atoms with E-state index in [1.807, 2.05) is 38.2 Å². The SMILES string of the molecule is CNC(CN1C(=O)CCCC1=O)c1ccccc1C. The van der Waals surface area contributed by atoms with E-state index in [-0.39, 0.29) is 17.9 Å². The number of carbonyl (C=O) groups is 2. The molecule has 19 heavy (non-hydrogen) atoms. The minimum Gasteiger partial charge on any atom is -0.312 e. The van der Waals surface area contributed by atoms with Gasteiger partial charge in [-0.05, 0) is 31.5 Å². The number of carbonyl (C=O) groups excluding carboxylic acids is 2. The summed E-state index contributed by atoms with van der Waals surface area (Å²) >= 11 is 0. The molecule has 0 aromatic heterocycles. The van der Waals surface area contributed by atoms with Crippen LogP contribution in [0.25, 0.3) is 0 Å². The summed E-state index contributed by atoms with van der Waals surface area (Å²) in [4.78, 5) is 25.1. The number of piperidine rings is 1. The average Bonchev–Trinajstić information content (AvgIpc) is 2.40. The Morgan fingerprint density at radius 3 is 2.42 bits per heavy atom. The van der Waals surface area contributed by atoms with Gasteiger partial charge in [-0.1, -0.05) is 24.3 Å². The number of benzene rings is 1. The van der Waals surface area contributed by atoms with Crippen LogP contribution in [-0.2, 0) is 9.59 Å². The number of amides is 2.